The minimum Gasteiger partial charge on any atom is -0.748 e. The Morgan fingerprint density at radius 1 is 0.750 bits per heavy atom. The van der Waals surface area contributed by atoms with Crippen LogP contribution in [0.2, 0.25) is 0 Å². The maximum Gasteiger partial charge on any atom is 1.00 e. The summed E-state index contributed by atoms with van der Waals surface area (Å²) in [4.78, 5) is 0. The molecule has 0 aliphatic carbocycles. The summed E-state index contributed by atoms with van der Waals surface area (Å²) in [6.45, 7) is -1.06. The largest absolute Gasteiger partial charge is 1.00 e. The van der Waals surface area contributed by atoms with Crippen LogP contribution in [0.15, 0.2) is 0 Å². The van der Waals surface area contributed by atoms with Crippen LogP contribution in [-0.4, -0.2) is 68.6 Å². The molecule has 0 radical (unpaired) electrons. The molecule has 0 aliphatic rings. The molecule has 0 fully saturated rings. The van der Waals surface area contributed by atoms with Gasteiger partial charge in [-0.3, -0.25) is 4.39 Å². The van der Waals surface area contributed by atoms with Crippen LogP contribution in [0, 0.1) is 0 Å². The van der Waals surface area contributed by atoms with E-state index in [1.807, 2.05) is 0 Å². The molecule has 24 heavy (non-hydrogen) atoms. The molecule has 3 nitrogen and oxygen atoms in total. The second-order valence-electron chi connectivity index (χ2n) is 4.81. The Hall–Kier alpha value is 0.986. The molecule has 13 heteroatoms. The van der Waals surface area contributed by atoms with Crippen molar-refractivity contribution in [1.29, 1.82) is 0 Å². The van der Waals surface area contributed by atoms with Gasteiger partial charge in [-0.25, -0.2) is 39.2 Å². The van der Waals surface area contributed by atoms with Gasteiger partial charge in [0.25, 0.3) is 0 Å². The molecule has 7 unspecified atom stereocenters. The number of halogens is 8. The third-order valence-electron chi connectivity index (χ3n) is 2.88. The van der Waals surface area contributed by atoms with Crippen molar-refractivity contribution in [2.75, 3.05) is 12.4 Å². The average Bonchev–Trinajstić information content (AvgIpc) is 2.46. The molecule has 0 N–H and O–H groups in total. The third kappa shape index (κ3) is 9.62. The van der Waals surface area contributed by atoms with E-state index in [0.717, 1.165) is 0 Å². The summed E-state index contributed by atoms with van der Waals surface area (Å²) in [5, 5.41) is 0. The molecule has 0 bridgehead atoms. The molecule has 0 aliphatic heterocycles. The molecule has 0 aromatic carbocycles. The van der Waals surface area contributed by atoms with Crippen molar-refractivity contribution in [2.24, 2.45) is 0 Å². The number of hydrogen-bond acceptors (Lipinski definition) is 3. The number of rotatable bonds is 11. The normalized spacial score (nSPS) is 21.0. The fourth-order valence-corrected chi connectivity index (χ4v) is 2.22. The average molecular weight is 418 g/mol. The molecule has 0 aromatic heterocycles. The fraction of sp³-hybridized carbons (Fsp3) is 1.00. The van der Waals surface area contributed by atoms with Gasteiger partial charge in [0.2, 0.25) is 0 Å². The summed E-state index contributed by atoms with van der Waals surface area (Å²) in [7, 11) is -5.31. The Kier molecular flexibility index (Phi) is 14.0. The Balaban J connectivity index is 0. The van der Waals surface area contributed by atoms with Crippen LogP contribution in [0.4, 0.5) is 35.1 Å². The monoisotopic (exact) mass is 418 g/mol. The van der Waals surface area contributed by atoms with Crippen molar-refractivity contribution in [1.82, 2.24) is 0 Å². The molecule has 0 heterocycles. The summed E-state index contributed by atoms with van der Waals surface area (Å²) < 4.78 is 135. The molecule has 0 spiro atoms. The van der Waals surface area contributed by atoms with E-state index in [1.165, 1.54) is 0 Å². The zero-order chi connectivity index (χ0) is 18.4. The molecule has 0 saturated carbocycles. The van der Waals surface area contributed by atoms with E-state index in [0.29, 0.717) is 0 Å². The van der Waals surface area contributed by atoms with Crippen molar-refractivity contribution in [2.45, 2.75) is 56.0 Å². The van der Waals surface area contributed by atoms with E-state index in [9.17, 15) is 48.1 Å². The van der Waals surface area contributed by atoms with Gasteiger partial charge in [0.1, 0.15) is 12.3 Å². The van der Waals surface area contributed by atoms with Gasteiger partial charge in [-0.2, -0.15) is 0 Å². The summed E-state index contributed by atoms with van der Waals surface area (Å²) in [5.41, 5.74) is 0. The standard InChI is InChI=1S/C11H16F8O3S.K/c12-3-1-2-5(13)7(15)9(17)11(19)10(18)8(16)6(14)4-23(20,21)22;/h5-11H,1-4H2,(H,20,21,22);/q;+1/p-1. The van der Waals surface area contributed by atoms with E-state index < -0.39 is 78.6 Å². The second kappa shape index (κ2) is 12.4. The smallest absolute Gasteiger partial charge is 0.748 e. The molecule has 140 valence electrons. The van der Waals surface area contributed by atoms with E-state index in [4.69, 9.17) is 0 Å². The Bertz CT molecular complexity index is 443. The second-order valence-corrected chi connectivity index (χ2v) is 6.26. The van der Waals surface area contributed by atoms with Crippen LogP contribution < -0.4 is 51.4 Å². The predicted molar refractivity (Wildman–Crippen MR) is 64.0 cm³/mol. The topological polar surface area (TPSA) is 57.2 Å². The molecule has 0 amide bonds. The van der Waals surface area contributed by atoms with Crippen LogP contribution >= 0.6 is 0 Å². The maximum atomic E-state index is 13.3. The SMILES string of the molecule is O=S(=O)([O-])CC(F)C(F)C(F)C(F)C(F)C(F)C(F)CCCF.[K+]. The first-order valence-corrected chi connectivity index (χ1v) is 7.98. The quantitative estimate of drug-likeness (QED) is 0.262. The minimum absolute atomic E-state index is 0. The van der Waals surface area contributed by atoms with Gasteiger partial charge in [0.05, 0.1) is 22.5 Å². The first kappa shape index (κ1) is 27.2. The summed E-state index contributed by atoms with van der Waals surface area (Å²) >= 11 is 0. The van der Waals surface area contributed by atoms with Crippen molar-refractivity contribution >= 4 is 10.1 Å². The van der Waals surface area contributed by atoms with E-state index in [-0.39, 0.29) is 51.4 Å². The van der Waals surface area contributed by atoms with Crippen LogP contribution in [0.3, 0.4) is 0 Å². The van der Waals surface area contributed by atoms with E-state index in [2.05, 4.69) is 0 Å². The first-order chi connectivity index (χ1) is 10.4. The third-order valence-corrected chi connectivity index (χ3v) is 3.61. The maximum absolute atomic E-state index is 13.3. The summed E-state index contributed by atoms with van der Waals surface area (Å²) in [6, 6.07) is 0. The van der Waals surface area contributed by atoms with Crippen LogP contribution in [0.1, 0.15) is 12.8 Å². The van der Waals surface area contributed by atoms with Gasteiger partial charge in [0.15, 0.2) is 30.9 Å². The van der Waals surface area contributed by atoms with Gasteiger partial charge in [-0.1, -0.05) is 0 Å². The summed E-state index contributed by atoms with van der Waals surface area (Å²) in [6.07, 6.45) is -25.0. The molecular formula is C11H15F8KO3S. The van der Waals surface area contributed by atoms with E-state index >= 15 is 0 Å². The Labute approximate surface area is 176 Å². The minimum atomic E-state index is -5.31. The molecular weight excluding hydrogens is 403 g/mol. The Morgan fingerprint density at radius 2 is 1.12 bits per heavy atom. The fourth-order valence-electron chi connectivity index (χ4n) is 1.64. The zero-order valence-corrected chi connectivity index (χ0v) is 16.5. The van der Waals surface area contributed by atoms with Crippen LogP contribution in [0.5, 0.6) is 0 Å². The van der Waals surface area contributed by atoms with Gasteiger partial charge >= 0.3 is 51.4 Å². The number of alkyl halides is 8. The summed E-state index contributed by atoms with van der Waals surface area (Å²) in [5.74, 6) is -2.03. The number of hydrogen-bond donors (Lipinski definition) is 0. The molecule has 0 aromatic rings. The van der Waals surface area contributed by atoms with Crippen molar-refractivity contribution < 1.29 is 99.5 Å². The molecule has 0 saturated heterocycles. The van der Waals surface area contributed by atoms with Crippen molar-refractivity contribution in [3.05, 3.63) is 0 Å². The predicted octanol–water partition coefficient (Wildman–Crippen LogP) is -0.348. The molecule has 0 rings (SSSR count). The van der Waals surface area contributed by atoms with Crippen molar-refractivity contribution in [3.8, 4) is 0 Å². The first-order valence-electron chi connectivity index (χ1n) is 6.40. The molecule has 7 atom stereocenters. The van der Waals surface area contributed by atoms with Gasteiger partial charge in [-0.05, 0) is 12.8 Å². The zero-order valence-electron chi connectivity index (χ0n) is 12.5. The van der Waals surface area contributed by atoms with Gasteiger partial charge < -0.3 is 4.55 Å². The van der Waals surface area contributed by atoms with Crippen LogP contribution in [0.25, 0.3) is 0 Å². The van der Waals surface area contributed by atoms with Crippen LogP contribution in [-0.2, 0) is 10.1 Å². The van der Waals surface area contributed by atoms with Gasteiger partial charge in [0, 0.05) is 0 Å². The Morgan fingerprint density at radius 3 is 1.50 bits per heavy atom. The van der Waals surface area contributed by atoms with Crippen molar-refractivity contribution in [3.63, 3.8) is 0 Å². The van der Waals surface area contributed by atoms with Gasteiger partial charge in [-0.15, -0.1) is 0 Å². The van der Waals surface area contributed by atoms with E-state index in [1.54, 1.807) is 0 Å².